The van der Waals surface area contributed by atoms with E-state index in [0.717, 1.165) is 5.56 Å². The van der Waals surface area contributed by atoms with Crippen LogP contribution in [0.5, 0.6) is 0 Å². The van der Waals surface area contributed by atoms with Crippen LogP contribution in [0.2, 0.25) is 0 Å². The zero-order valence-electron chi connectivity index (χ0n) is 13.8. The molecule has 1 aliphatic heterocycles. The molecule has 1 aromatic carbocycles. The summed E-state index contributed by atoms with van der Waals surface area (Å²) in [7, 11) is 0. The number of likely N-dealkylation sites (tertiary alicyclic amines) is 1. The van der Waals surface area contributed by atoms with Gasteiger partial charge in [-0.2, -0.15) is 0 Å². The standard InChI is InChI=1S/C18H21N3O4/c22-17(23)14-7-4-9-21(12-14)18(24)20-15(16-19-8-10-25-16)11-13-5-2-1-3-6-13/h1-3,5-6,8,10,14-15H,4,7,9,11-12H2,(H,20,24)(H,22,23)/t14-,15?/m0/s1. The Morgan fingerprint density at radius 3 is 2.84 bits per heavy atom. The molecular formula is C18H21N3O4. The fourth-order valence-electron chi connectivity index (χ4n) is 3.06. The van der Waals surface area contributed by atoms with Gasteiger partial charge in [-0.3, -0.25) is 4.79 Å². The van der Waals surface area contributed by atoms with Crippen LogP contribution in [0.4, 0.5) is 4.79 Å². The number of aliphatic carboxylic acids is 1. The van der Waals surface area contributed by atoms with E-state index >= 15 is 0 Å². The molecule has 2 heterocycles. The van der Waals surface area contributed by atoms with Crippen molar-refractivity contribution in [1.29, 1.82) is 0 Å². The largest absolute Gasteiger partial charge is 0.481 e. The maximum atomic E-state index is 12.6. The predicted molar refractivity (Wildman–Crippen MR) is 89.9 cm³/mol. The number of rotatable bonds is 5. The molecule has 7 nitrogen and oxygen atoms in total. The highest BCUT2D eigenvalue weighted by molar-refractivity contribution is 5.76. The first-order chi connectivity index (χ1) is 12.1. The molecule has 0 radical (unpaired) electrons. The summed E-state index contributed by atoms with van der Waals surface area (Å²) >= 11 is 0. The first kappa shape index (κ1) is 17.0. The van der Waals surface area contributed by atoms with E-state index in [1.54, 1.807) is 11.1 Å². The Balaban J connectivity index is 1.69. The third-order valence-electron chi connectivity index (χ3n) is 4.39. The number of carbonyl (C=O) groups excluding carboxylic acids is 1. The lowest BCUT2D eigenvalue weighted by Gasteiger charge is -2.31. The molecule has 1 unspecified atom stereocenters. The maximum Gasteiger partial charge on any atom is 0.318 e. The first-order valence-corrected chi connectivity index (χ1v) is 8.35. The Kier molecular flexibility index (Phi) is 5.33. The molecule has 0 bridgehead atoms. The average Bonchev–Trinajstić information content (AvgIpc) is 3.17. The average molecular weight is 343 g/mol. The smallest absolute Gasteiger partial charge is 0.318 e. The van der Waals surface area contributed by atoms with Crippen LogP contribution in [0.1, 0.15) is 30.3 Å². The summed E-state index contributed by atoms with van der Waals surface area (Å²) < 4.78 is 5.38. The van der Waals surface area contributed by atoms with Crippen molar-refractivity contribution < 1.29 is 19.1 Å². The molecule has 1 aliphatic rings. The maximum absolute atomic E-state index is 12.6. The van der Waals surface area contributed by atoms with Gasteiger partial charge in [0.1, 0.15) is 12.3 Å². The van der Waals surface area contributed by atoms with E-state index in [2.05, 4.69) is 10.3 Å². The van der Waals surface area contributed by atoms with Crippen molar-refractivity contribution in [2.45, 2.75) is 25.3 Å². The number of urea groups is 1. The number of benzene rings is 1. The Labute approximate surface area is 145 Å². The van der Waals surface area contributed by atoms with E-state index in [4.69, 9.17) is 4.42 Å². The van der Waals surface area contributed by atoms with Gasteiger partial charge in [0.15, 0.2) is 0 Å². The van der Waals surface area contributed by atoms with Crippen molar-refractivity contribution in [3.63, 3.8) is 0 Å². The van der Waals surface area contributed by atoms with Crippen LogP contribution in [0.3, 0.4) is 0 Å². The van der Waals surface area contributed by atoms with E-state index in [1.165, 1.54) is 6.26 Å². The van der Waals surface area contributed by atoms with Gasteiger partial charge in [0.25, 0.3) is 0 Å². The minimum absolute atomic E-state index is 0.227. The minimum atomic E-state index is -0.856. The quantitative estimate of drug-likeness (QED) is 0.869. The molecule has 2 N–H and O–H groups in total. The van der Waals surface area contributed by atoms with E-state index in [0.29, 0.717) is 31.7 Å². The lowest BCUT2D eigenvalue weighted by molar-refractivity contribution is -0.143. The number of carboxylic acid groups (broad SMARTS) is 1. The molecule has 0 saturated carbocycles. The highest BCUT2D eigenvalue weighted by Crippen LogP contribution is 2.20. The van der Waals surface area contributed by atoms with Crippen molar-refractivity contribution in [3.8, 4) is 0 Å². The Morgan fingerprint density at radius 1 is 1.36 bits per heavy atom. The molecule has 7 heteroatoms. The third-order valence-corrected chi connectivity index (χ3v) is 4.39. The Morgan fingerprint density at radius 2 is 2.16 bits per heavy atom. The van der Waals surface area contributed by atoms with Crippen molar-refractivity contribution >= 4 is 12.0 Å². The summed E-state index contributed by atoms with van der Waals surface area (Å²) in [6, 6.07) is 9.06. The molecule has 1 fully saturated rings. The number of oxazole rings is 1. The van der Waals surface area contributed by atoms with Gasteiger partial charge in [0.2, 0.25) is 5.89 Å². The number of nitrogens with zero attached hydrogens (tertiary/aromatic N) is 2. The summed E-state index contributed by atoms with van der Waals surface area (Å²) in [4.78, 5) is 29.5. The van der Waals surface area contributed by atoms with Gasteiger partial charge in [0, 0.05) is 19.5 Å². The highest BCUT2D eigenvalue weighted by atomic mass is 16.4. The second-order valence-corrected chi connectivity index (χ2v) is 6.19. The molecule has 1 saturated heterocycles. The van der Waals surface area contributed by atoms with Crippen LogP contribution in [0.25, 0.3) is 0 Å². The lowest BCUT2D eigenvalue weighted by Crippen LogP contribution is -2.48. The zero-order chi connectivity index (χ0) is 17.6. The summed E-state index contributed by atoms with van der Waals surface area (Å²) in [5.74, 6) is -0.927. The number of piperidine rings is 1. The number of amides is 2. The van der Waals surface area contributed by atoms with Gasteiger partial charge in [-0.1, -0.05) is 30.3 Å². The molecule has 132 valence electrons. The van der Waals surface area contributed by atoms with Gasteiger partial charge in [-0.25, -0.2) is 9.78 Å². The predicted octanol–water partition coefficient (Wildman–Crippen LogP) is 2.46. The number of hydrogen-bond donors (Lipinski definition) is 2. The summed E-state index contributed by atoms with van der Waals surface area (Å²) in [6.07, 6.45) is 4.85. The van der Waals surface area contributed by atoms with Crippen LogP contribution in [-0.2, 0) is 11.2 Å². The van der Waals surface area contributed by atoms with Crippen molar-refractivity contribution in [2.24, 2.45) is 5.92 Å². The van der Waals surface area contributed by atoms with Crippen LogP contribution in [-0.4, -0.2) is 40.1 Å². The summed E-state index contributed by atoms with van der Waals surface area (Å²) in [5, 5.41) is 12.1. The Hall–Kier alpha value is -2.83. The zero-order valence-corrected chi connectivity index (χ0v) is 13.8. The number of hydrogen-bond acceptors (Lipinski definition) is 4. The van der Waals surface area contributed by atoms with E-state index in [1.807, 2.05) is 30.3 Å². The van der Waals surface area contributed by atoms with Crippen molar-refractivity contribution in [2.75, 3.05) is 13.1 Å². The van der Waals surface area contributed by atoms with Crippen molar-refractivity contribution in [3.05, 3.63) is 54.2 Å². The van der Waals surface area contributed by atoms with E-state index in [-0.39, 0.29) is 12.6 Å². The first-order valence-electron chi connectivity index (χ1n) is 8.35. The SMILES string of the molecule is O=C(O)[C@H]1CCCN(C(=O)NC(Cc2ccccc2)c2ncco2)C1. The monoisotopic (exact) mass is 343 g/mol. The molecule has 2 atom stereocenters. The fraction of sp³-hybridized carbons (Fsp3) is 0.389. The summed E-state index contributed by atoms with van der Waals surface area (Å²) in [6.45, 7) is 0.782. The van der Waals surface area contributed by atoms with Gasteiger partial charge in [0.05, 0.1) is 12.1 Å². The molecular weight excluding hydrogens is 322 g/mol. The van der Waals surface area contributed by atoms with Crippen LogP contribution in [0, 0.1) is 5.92 Å². The molecule has 25 heavy (non-hydrogen) atoms. The second-order valence-electron chi connectivity index (χ2n) is 6.19. The highest BCUT2D eigenvalue weighted by Gasteiger charge is 2.30. The van der Waals surface area contributed by atoms with Gasteiger partial charge >= 0.3 is 12.0 Å². The minimum Gasteiger partial charge on any atom is -0.481 e. The van der Waals surface area contributed by atoms with Crippen molar-refractivity contribution in [1.82, 2.24) is 15.2 Å². The van der Waals surface area contributed by atoms with E-state index < -0.39 is 17.9 Å². The molecule has 0 aliphatic carbocycles. The molecule has 2 amide bonds. The van der Waals surface area contributed by atoms with E-state index in [9.17, 15) is 14.7 Å². The number of nitrogens with one attached hydrogen (secondary N) is 1. The van der Waals surface area contributed by atoms with Gasteiger partial charge < -0.3 is 19.7 Å². The third kappa shape index (κ3) is 4.37. The molecule has 1 aromatic heterocycles. The molecule has 2 aromatic rings. The lowest BCUT2D eigenvalue weighted by atomic mass is 9.98. The van der Waals surface area contributed by atoms with Gasteiger partial charge in [-0.05, 0) is 18.4 Å². The van der Waals surface area contributed by atoms with Crippen LogP contribution < -0.4 is 5.32 Å². The topological polar surface area (TPSA) is 95.7 Å². The number of carboxylic acids is 1. The fourth-order valence-corrected chi connectivity index (χ4v) is 3.06. The molecule has 3 rings (SSSR count). The number of aromatic nitrogens is 1. The Bertz CT molecular complexity index is 702. The number of carbonyl (C=O) groups is 2. The molecule has 0 spiro atoms. The van der Waals surface area contributed by atoms with Crippen LogP contribution in [0.15, 0.2) is 47.2 Å². The normalized spacial score (nSPS) is 18.6. The summed E-state index contributed by atoms with van der Waals surface area (Å²) in [5.41, 5.74) is 1.05. The second kappa shape index (κ2) is 7.83. The van der Waals surface area contributed by atoms with Crippen LogP contribution >= 0.6 is 0 Å². The van der Waals surface area contributed by atoms with Gasteiger partial charge in [-0.15, -0.1) is 0 Å².